The van der Waals surface area contributed by atoms with Crippen LogP contribution in [-0.4, -0.2) is 11.1 Å². The Morgan fingerprint density at radius 2 is 1.87 bits per heavy atom. The monoisotopic (exact) mass is 334 g/mol. The van der Waals surface area contributed by atoms with Crippen molar-refractivity contribution >= 4 is 28.6 Å². The Balaban J connectivity index is 3.43. The maximum absolute atomic E-state index is 13.1. The molecule has 82 valence electrons. The van der Waals surface area contributed by atoms with Gasteiger partial charge in [-0.05, 0) is 34.7 Å². The second-order valence-corrected chi connectivity index (χ2v) is 3.78. The van der Waals surface area contributed by atoms with E-state index in [-0.39, 0.29) is 9.64 Å². The van der Waals surface area contributed by atoms with Gasteiger partial charge in [-0.1, -0.05) is 0 Å². The van der Waals surface area contributed by atoms with E-state index in [0.29, 0.717) is 6.07 Å². The zero-order valence-corrected chi connectivity index (χ0v) is 9.06. The molecule has 0 spiro atoms. The molecule has 7 heteroatoms. The molecule has 1 rings (SSSR count). The third kappa shape index (κ3) is 2.58. The molecule has 0 saturated heterocycles. The van der Waals surface area contributed by atoms with E-state index in [4.69, 9.17) is 5.11 Å². The number of rotatable bonds is 1. The fourth-order valence-electron chi connectivity index (χ4n) is 0.908. The van der Waals surface area contributed by atoms with Crippen LogP contribution in [0.3, 0.4) is 0 Å². The highest BCUT2D eigenvalue weighted by Crippen LogP contribution is 2.32. The molecule has 15 heavy (non-hydrogen) atoms. The van der Waals surface area contributed by atoms with Gasteiger partial charge in [-0.2, -0.15) is 13.2 Å². The molecule has 0 aliphatic heterocycles. The van der Waals surface area contributed by atoms with Crippen molar-refractivity contribution in [2.75, 3.05) is 0 Å². The summed E-state index contributed by atoms with van der Waals surface area (Å²) in [5.74, 6) is -2.88. The standard InChI is InChI=1S/C8H3F4IO2/c9-6-4(7(14)15)1-3(2-5(6)13)8(10,11)12/h1-2H,(H,14,15). The van der Waals surface area contributed by atoms with Crippen molar-refractivity contribution in [3.63, 3.8) is 0 Å². The zero-order chi connectivity index (χ0) is 11.8. The predicted molar refractivity (Wildman–Crippen MR) is 51.1 cm³/mol. The van der Waals surface area contributed by atoms with E-state index >= 15 is 0 Å². The van der Waals surface area contributed by atoms with Gasteiger partial charge in [0.15, 0.2) is 5.82 Å². The highest BCUT2D eigenvalue weighted by atomic mass is 127. The Kier molecular flexibility index (Phi) is 3.22. The average molecular weight is 334 g/mol. The van der Waals surface area contributed by atoms with Gasteiger partial charge in [-0.3, -0.25) is 0 Å². The van der Waals surface area contributed by atoms with Gasteiger partial charge in [0.05, 0.1) is 14.7 Å². The van der Waals surface area contributed by atoms with Crippen molar-refractivity contribution in [3.05, 3.63) is 32.6 Å². The molecule has 0 radical (unpaired) electrons. The van der Waals surface area contributed by atoms with Gasteiger partial charge in [-0.25, -0.2) is 9.18 Å². The summed E-state index contributed by atoms with van der Waals surface area (Å²) < 4.78 is 49.4. The first-order valence-electron chi connectivity index (χ1n) is 3.53. The summed E-state index contributed by atoms with van der Waals surface area (Å²) in [6.45, 7) is 0. The highest BCUT2D eigenvalue weighted by Gasteiger charge is 2.33. The largest absolute Gasteiger partial charge is 0.478 e. The van der Waals surface area contributed by atoms with Crippen molar-refractivity contribution in [1.29, 1.82) is 0 Å². The Hall–Kier alpha value is -0.860. The van der Waals surface area contributed by atoms with Crippen molar-refractivity contribution in [2.45, 2.75) is 6.18 Å². The number of halogens is 5. The second-order valence-electron chi connectivity index (χ2n) is 2.62. The first-order valence-corrected chi connectivity index (χ1v) is 4.61. The molecule has 0 bridgehead atoms. The molecule has 1 N–H and O–H groups in total. The molecule has 1 aromatic carbocycles. The summed E-state index contributed by atoms with van der Waals surface area (Å²) in [5.41, 5.74) is -2.15. The Bertz CT molecular complexity index is 414. The molecule has 0 unspecified atom stereocenters. The van der Waals surface area contributed by atoms with Crippen LogP contribution in [0.2, 0.25) is 0 Å². The van der Waals surface area contributed by atoms with Gasteiger partial charge in [0.1, 0.15) is 0 Å². The molecular weight excluding hydrogens is 331 g/mol. The third-order valence-corrected chi connectivity index (χ3v) is 2.37. The van der Waals surface area contributed by atoms with E-state index in [9.17, 15) is 22.4 Å². The van der Waals surface area contributed by atoms with E-state index in [1.54, 1.807) is 0 Å². The quantitative estimate of drug-likeness (QED) is 0.633. The topological polar surface area (TPSA) is 37.3 Å². The lowest BCUT2D eigenvalue weighted by Crippen LogP contribution is -2.10. The van der Waals surface area contributed by atoms with Crippen LogP contribution in [-0.2, 0) is 6.18 Å². The van der Waals surface area contributed by atoms with Crippen molar-refractivity contribution in [1.82, 2.24) is 0 Å². The molecule has 1 aromatic rings. The van der Waals surface area contributed by atoms with Gasteiger partial charge in [-0.15, -0.1) is 0 Å². The van der Waals surface area contributed by atoms with Crippen LogP contribution in [0.25, 0.3) is 0 Å². The number of carbonyl (C=O) groups is 1. The summed E-state index contributed by atoms with van der Waals surface area (Å²) in [6.07, 6.45) is -4.68. The zero-order valence-electron chi connectivity index (χ0n) is 6.90. The maximum atomic E-state index is 13.1. The van der Waals surface area contributed by atoms with E-state index in [2.05, 4.69) is 0 Å². The molecule has 0 atom stereocenters. The lowest BCUT2D eigenvalue weighted by Gasteiger charge is -2.09. The maximum Gasteiger partial charge on any atom is 0.416 e. The van der Waals surface area contributed by atoms with Gasteiger partial charge in [0, 0.05) is 0 Å². The fourth-order valence-corrected chi connectivity index (χ4v) is 1.53. The van der Waals surface area contributed by atoms with Crippen molar-refractivity contribution < 1.29 is 27.5 Å². The number of hydrogen-bond donors (Lipinski definition) is 1. The van der Waals surface area contributed by atoms with Crippen LogP contribution in [0.4, 0.5) is 17.6 Å². The molecule has 0 fully saturated rings. The molecule has 2 nitrogen and oxygen atoms in total. The molecule has 0 aliphatic rings. The Morgan fingerprint density at radius 3 is 2.27 bits per heavy atom. The first kappa shape index (κ1) is 12.2. The van der Waals surface area contributed by atoms with Gasteiger partial charge >= 0.3 is 12.1 Å². The lowest BCUT2D eigenvalue weighted by molar-refractivity contribution is -0.137. The van der Waals surface area contributed by atoms with Gasteiger partial charge in [0.2, 0.25) is 0 Å². The molecular formula is C8H3F4IO2. The van der Waals surface area contributed by atoms with E-state index in [1.165, 1.54) is 22.6 Å². The summed E-state index contributed by atoms with van der Waals surface area (Å²) in [5, 5.41) is 8.47. The molecule has 0 aromatic heterocycles. The second kappa shape index (κ2) is 3.95. The van der Waals surface area contributed by atoms with Crippen molar-refractivity contribution in [2.24, 2.45) is 0 Å². The van der Waals surface area contributed by atoms with Crippen LogP contribution in [0.15, 0.2) is 12.1 Å². The SMILES string of the molecule is O=C(O)c1cc(C(F)(F)F)cc(I)c1F. The first-order chi connectivity index (χ1) is 6.73. The van der Waals surface area contributed by atoms with Crippen molar-refractivity contribution in [3.8, 4) is 0 Å². The smallest absolute Gasteiger partial charge is 0.416 e. The van der Waals surface area contributed by atoms with E-state index in [1.807, 2.05) is 0 Å². The van der Waals surface area contributed by atoms with Gasteiger partial charge in [0.25, 0.3) is 0 Å². The normalized spacial score (nSPS) is 11.5. The fraction of sp³-hybridized carbons (Fsp3) is 0.125. The predicted octanol–water partition coefficient (Wildman–Crippen LogP) is 3.15. The van der Waals surface area contributed by atoms with Crippen LogP contribution < -0.4 is 0 Å². The van der Waals surface area contributed by atoms with Crippen LogP contribution in [0, 0.1) is 9.39 Å². The van der Waals surface area contributed by atoms with Gasteiger partial charge < -0.3 is 5.11 Å². The number of carboxylic acid groups (broad SMARTS) is 1. The Morgan fingerprint density at radius 1 is 1.33 bits per heavy atom. The molecule has 0 heterocycles. The molecule has 0 aliphatic carbocycles. The van der Waals surface area contributed by atoms with Crippen LogP contribution in [0.1, 0.15) is 15.9 Å². The summed E-state index contributed by atoms with van der Waals surface area (Å²) in [7, 11) is 0. The summed E-state index contributed by atoms with van der Waals surface area (Å²) >= 11 is 1.31. The molecule has 0 amide bonds. The highest BCUT2D eigenvalue weighted by molar-refractivity contribution is 14.1. The lowest BCUT2D eigenvalue weighted by atomic mass is 10.1. The van der Waals surface area contributed by atoms with E-state index in [0.717, 1.165) is 0 Å². The van der Waals surface area contributed by atoms with Crippen LogP contribution in [0.5, 0.6) is 0 Å². The third-order valence-electron chi connectivity index (χ3n) is 1.59. The summed E-state index contributed by atoms with van der Waals surface area (Å²) in [6, 6.07) is 0.835. The average Bonchev–Trinajstić information content (AvgIpc) is 2.06. The number of carboxylic acids is 1. The van der Waals surface area contributed by atoms with E-state index < -0.39 is 29.1 Å². The minimum atomic E-state index is -4.68. The number of alkyl halides is 3. The Labute approximate surface area is 95.0 Å². The van der Waals surface area contributed by atoms with Crippen LogP contribution >= 0.6 is 22.6 Å². The minimum Gasteiger partial charge on any atom is -0.478 e. The minimum absolute atomic E-state index is 0.278. The molecule has 0 saturated carbocycles. The number of aromatic carboxylic acids is 1. The number of benzene rings is 1. The number of hydrogen-bond acceptors (Lipinski definition) is 1. The summed E-state index contributed by atoms with van der Waals surface area (Å²) in [4.78, 5) is 10.4.